The van der Waals surface area contributed by atoms with Crippen LogP contribution in [0.4, 0.5) is 0 Å². The minimum absolute atomic E-state index is 0.0407. The van der Waals surface area contributed by atoms with Gasteiger partial charge in [0.1, 0.15) is 11.5 Å². The maximum atomic E-state index is 12.9. The highest BCUT2D eigenvalue weighted by Gasteiger charge is 2.24. The van der Waals surface area contributed by atoms with E-state index in [2.05, 4.69) is 0 Å². The molecule has 1 fully saturated rings. The Morgan fingerprint density at radius 3 is 2.33 bits per heavy atom. The molecule has 0 unspecified atom stereocenters. The highest BCUT2D eigenvalue weighted by atomic mass is 35.5. The molecule has 2 aromatic carbocycles. The third-order valence-corrected chi connectivity index (χ3v) is 5.84. The van der Waals surface area contributed by atoms with Crippen LogP contribution in [0.5, 0.6) is 11.5 Å². The molecule has 1 aliphatic heterocycles. The van der Waals surface area contributed by atoms with Gasteiger partial charge in [-0.2, -0.15) is 0 Å². The fourth-order valence-corrected chi connectivity index (χ4v) is 3.70. The summed E-state index contributed by atoms with van der Waals surface area (Å²) >= 11 is 6.18. The van der Waals surface area contributed by atoms with Gasteiger partial charge in [0.15, 0.2) is 6.61 Å². The van der Waals surface area contributed by atoms with Crippen LogP contribution in [0.2, 0.25) is 5.02 Å². The smallest absolute Gasteiger partial charge is 0.260 e. The molecular formula is C23H27ClN2O4. The van der Waals surface area contributed by atoms with Crippen molar-refractivity contribution >= 4 is 23.4 Å². The number of nitrogens with zero attached hydrogens (tertiary/aromatic N) is 2. The van der Waals surface area contributed by atoms with Gasteiger partial charge in [0, 0.05) is 31.2 Å². The summed E-state index contributed by atoms with van der Waals surface area (Å²) in [5.41, 5.74) is 2.37. The number of hydrogen-bond acceptors (Lipinski definition) is 4. The third-order valence-electron chi connectivity index (χ3n) is 5.25. The van der Waals surface area contributed by atoms with Gasteiger partial charge in [0.2, 0.25) is 0 Å². The van der Waals surface area contributed by atoms with Crippen LogP contribution in [0.25, 0.3) is 0 Å². The topological polar surface area (TPSA) is 59.1 Å². The van der Waals surface area contributed by atoms with Crippen LogP contribution in [-0.2, 0) is 4.79 Å². The maximum Gasteiger partial charge on any atom is 0.260 e. The van der Waals surface area contributed by atoms with Crippen molar-refractivity contribution in [3.8, 4) is 11.5 Å². The molecule has 1 aliphatic rings. The van der Waals surface area contributed by atoms with Gasteiger partial charge in [-0.25, -0.2) is 0 Å². The minimum atomic E-state index is -0.0909. The second-order valence-electron chi connectivity index (χ2n) is 7.39. The zero-order valence-corrected chi connectivity index (χ0v) is 18.4. The van der Waals surface area contributed by atoms with E-state index in [0.29, 0.717) is 54.7 Å². The lowest BCUT2D eigenvalue weighted by atomic mass is 10.1. The fourth-order valence-electron chi connectivity index (χ4n) is 3.59. The number of methoxy groups -OCH3 is 1. The van der Waals surface area contributed by atoms with E-state index < -0.39 is 0 Å². The molecule has 2 amide bonds. The first-order valence-electron chi connectivity index (χ1n) is 10.0. The summed E-state index contributed by atoms with van der Waals surface area (Å²) in [6.07, 6.45) is 0.714. The van der Waals surface area contributed by atoms with Crippen molar-refractivity contribution < 1.29 is 19.1 Å². The van der Waals surface area contributed by atoms with Crippen molar-refractivity contribution in [3.05, 3.63) is 58.1 Å². The summed E-state index contributed by atoms with van der Waals surface area (Å²) in [6, 6.07) is 10.9. The number of carbonyl (C=O) groups excluding carboxylic acids is 2. The highest BCUT2D eigenvalue weighted by molar-refractivity contribution is 6.32. The molecule has 0 bridgehead atoms. The number of para-hydroxylation sites is 1. The first-order chi connectivity index (χ1) is 14.4. The molecule has 3 rings (SSSR count). The molecular weight excluding hydrogens is 404 g/mol. The van der Waals surface area contributed by atoms with Gasteiger partial charge in [-0.3, -0.25) is 9.59 Å². The molecule has 0 saturated carbocycles. The lowest BCUT2D eigenvalue weighted by Crippen LogP contribution is -2.39. The summed E-state index contributed by atoms with van der Waals surface area (Å²) in [6.45, 7) is 5.91. The zero-order chi connectivity index (χ0) is 21.7. The van der Waals surface area contributed by atoms with E-state index in [0.717, 1.165) is 11.1 Å². The summed E-state index contributed by atoms with van der Waals surface area (Å²) in [5, 5.41) is 0.709. The Kier molecular flexibility index (Phi) is 7.21. The van der Waals surface area contributed by atoms with Crippen molar-refractivity contribution in [3.63, 3.8) is 0 Å². The van der Waals surface area contributed by atoms with Gasteiger partial charge < -0.3 is 19.3 Å². The van der Waals surface area contributed by atoms with E-state index in [1.54, 1.807) is 29.0 Å². The van der Waals surface area contributed by atoms with E-state index in [4.69, 9.17) is 21.1 Å². The van der Waals surface area contributed by atoms with Crippen LogP contribution in [0, 0.1) is 13.8 Å². The molecule has 160 valence electrons. The number of rotatable bonds is 5. The first-order valence-corrected chi connectivity index (χ1v) is 10.4. The number of hydrogen-bond donors (Lipinski definition) is 0. The van der Waals surface area contributed by atoms with E-state index in [1.807, 2.05) is 38.1 Å². The Bertz CT molecular complexity index is 908. The average molecular weight is 431 g/mol. The normalized spacial score (nSPS) is 14.3. The number of carbonyl (C=O) groups is 2. The van der Waals surface area contributed by atoms with Crippen LogP contribution < -0.4 is 9.47 Å². The van der Waals surface area contributed by atoms with Crippen molar-refractivity contribution in [1.82, 2.24) is 9.80 Å². The molecule has 1 saturated heterocycles. The van der Waals surface area contributed by atoms with Gasteiger partial charge in [-0.05, 0) is 55.7 Å². The molecule has 0 aliphatic carbocycles. The fraction of sp³-hybridized carbons (Fsp3) is 0.391. The second kappa shape index (κ2) is 9.85. The van der Waals surface area contributed by atoms with Crippen LogP contribution in [0.15, 0.2) is 36.4 Å². The van der Waals surface area contributed by atoms with Gasteiger partial charge in [-0.15, -0.1) is 0 Å². The Morgan fingerprint density at radius 2 is 1.63 bits per heavy atom. The summed E-state index contributed by atoms with van der Waals surface area (Å²) in [7, 11) is 1.55. The van der Waals surface area contributed by atoms with Gasteiger partial charge in [0.25, 0.3) is 11.8 Å². The summed E-state index contributed by atoms with van der Waals surface area (Å²) in [5.74, 6) is 1.02. The Balaban J connectivity index is 1.58. The van der Waals surface area contributed by atoms with Crippen LogP contribution in [0.3, 0.4) is 0 Å². The number of halogens is 1. The molecule has 0 spiro atoms. The Hall–Kier alpha value is -2.73. The maximum absolute atomic E-state index is 12.9. The molecule has 0 N–H and O–H groups in total. The van der Waals surface area contributed by atoms with Crippen LogP contribution in [-0.4, -0.2) is 61.5 Å². The summed E-state index contributed by atoms with van der Waals surface area (Å²) in [4.78, 5) is 29.1. The summed E-state index contributed by atoms with van der Waals surface area (Å²) < 4.78 is 11.0. The quantitative estimate of drug-likeness (QED) is 0.725. The lowest BCUT2D eigenvalue weighted by molar-refractivity contribution is -0.133. The number of aryl methyl sites for hydroxylation is 2. The third kappa shape index (κ3) is 5.05. The molecule has 1 heterocycles. The van der Waals surface area contributed by atoms with Crippen LogP contribution in [0.1, 0.15) is 27.9 Å². The molecule has 2 aromatic rings. The number of benzene rings is 2. The number of amides is 2. The second-order valence-corrected chi connectivity index (χ2v) is 7.76. The van der Waals surface area contributed by atoms with E-state index in [-0.39, 0.29) is 18.4 Å². The van der Waals surface area contributed by atoms with Gasteiger partial charge in [-0.1, -0.05) is 23.7 Å². The molecule has 0 atom stereocenters. The van der Waals surface area contributed by atoms with Gasteiger partial charge >= 0.3 is 0 Å². The Labute approximate surface area is 182 Å². The monoisotopic (exact) mass is 430 g/mol. The van der Waals surface area contributed by atoms with E-state index >= 15 is 0 Å². The molecule has 0 aromatic heterocycles. The van der Waals surface area contributed by atoms with Gasteiger partial charge in [0.05, 0.1) is 12.7 Å². The van der Waals surface area contributed by atoms with Crippen molar-refractivity contribution in [2.75, 3.05) is 39.9 Å². The highest BCUT2D eigenvalue weighted by Crippen LogP contribution is 2.26. The molecule has 6 nitrogen and oxygen atoms in total. The predicted molar refractivity (Wildman–Crippen MR) is 117 cm³/mol. The predicted octanol–water partition coefficient (Wildman–Crippen LogP) is 3.72. The number of ether oxygens (including phenoxy) is 2. The minimum Gasteiger partial charge on any atom is -0.496 e. The Morgan fingerprint density at radius 1 is 1.00 bits per heavy atom. The largest absolute Gasteiger partial charge is 0.496 e. The molecule has 30 heavy (non-hydrogen) atoms. The van der Waals surface area contributed by atoms with Crippen LogP contribution >= 0.6 is 11.6 Å². The van der Waals surface area contributed by atoms with Crippen molar-refractivity contribution in [1.29, 1.82) is 0 Å². The van der Waals surface area contributed by atoms with E-state index in [1.165, 1.54) is 0 Å². The SMILES string of the molecule is COc1ccccc1C(=O)N1CCCN(C(=O)COc2cc(C)c(Cl)c(C)c2)CC1. The van der Waals surface area contributed by atoms with Crippen molar-refractivity contribution in [2.24, 2.45) is 0 Å². The van der Waals surface area contributed by atoms with E-state index in [9.17, 15) is 9.59 Å². The van der Waals surface area contributed by atoms with Crippen molar-refractivity contribution in [2.45, 2.75) is 20.3 Å². The molecule has 7 heteroatoms. The average Bonchev–Trinajstić information content (AvgIpc) is 3.01. The molecule has 0 radical (unpaired) electrons. The lowest BCUT2D eigenvalue weighted by Gasteiger charge is -2.23. The zero-order valence-electron chi connectivity index (χ0n) is 17.6. The first kappa shape index (κ1) is 22.0. The standard InChI is InChI=1S/C23H27ClN2O4/c1-16-13-18(14-17(2)22(16)24)30-15-21(27)25-9-6-10-26(12-11-25)23(28)19-7-4-5-8-20(19)29-3/h4-5,7-8,13-14H,6,9-12,15H2,1-3H3.